The zero-order valence-electron chi connectivity index (χ0n) is 9.12. The normalized spacial score (nSPS) is 11.4. The van der Waals surface area contributed by atoms with Crippen LogP contribution in [0.4, 0.5) is 0 Å². The van der Waals surface area contributed by atoms with Crippen LogP contribution in [0, 0.1) is 23.7 Å². The van der Waals surface area contributed by atoms with Crippen LogP contribution in [0.25, 0.3) is 0 Å². The third-order valence-corrected chi connectivity index (χ3v) is 2.96. The number of hydrogen-bond donors (Lipinski definition) is 0. The molecule has 0 heterocycles. The highest BCUT2D eigenvalue weighted by Gasteiger charge is 2.09. The van der Waals surface area contributed by atoms with Gasteiger partial charge in [-0.1, -0.05) is 34.5 Å². The topological polar surface area (TPSA) is 23.8 Å². The molecule has 0 spiro atoms. The smallest absolute Gasteiger partial charge is 0.0713 e. The highest BCUT2D eigenvalue weighted by atomic mass is 79.9. The standard InChI is InChI=1S/C14H14BrN/c1-2-3-4-5-7-13(11-16)12-8-6-9-14(15)10-12/h1,6,8-10,13H,3-5,7H2. The minimum atomic E-state index is -0.0183. The lowest BCUT2D eigenvalue weighted by Crippen LogP contribution is -1.95. The number of nitriles is 1. The molecule has 1 aromatic carbocycles. The second-order valence-electron chi connectivity index (χ2n) is 3.69. The molecule has 1 aromatic rings. The second-order valence-corrected chi connectivity index (χ2v) is 4.60. The van der Waals surface area contributed by atoms with Crippen molar-refractivity contribution in [3.63, 3.8) is 0 Å². The Hall–Kier alpha value is -1.25. The molecule has 82 valence electrons. The SMILES string of the molecule is C#CCCCCC(C#N)c1cccc(Br)c1. The monoisotopic (exact) mass is 275 g/mol. The van der Waals surface area contributed by atoms with Crippen molar-refractivity contribution >= 4 is 15.9 Å². The van der Waals surface area contributed by atoms with E-state index in [9.17, 15) is 0 Å². The first-order chi connectivity index (χ1) is 7.77. The molecule has 0 aliphatic carbocycles. The van der Waals surface area contributed by atoms with Crippen molar-refractivity contribution in [2.75, 3.05) is 0 Å². The van der Waals surface area contributed by atoms with Gasteiger partial charge in [-0.05, 0) is 30.5 Å². The van der Waals surface area contributed by atoms with Gasteiger partial charge in [0.25, 0.3) is 0 Å². The predicted octanol–water partition coefficient (Wildman–Crippen LogP) is 4.25. The van der Waals surface area contributed by atoms with Crippen LogP contribution < -0.4 is 0 Å². The molecule has 16 heavy (non-hydrogen) atoms. The first kappa shape index (κ1) is 12.8. The highest BCUT2D eigenvalue weighted by Crippen LogP contribution is 2.24. The van der Waals surface area contributed by atoms with Gasteiger partial charge in [-0.25, -0.2) is 0 Å². The Kier molecular flexibility index (Phi) is 5.68. The van der Waals surface area contributed by atoms with Crippen LogP contribution in [0.5, 0.6) is 0 Å². The van der Waals surface area contributed by atoms with Gasteiger partial charge in [0.05, 0.1) is 12.0 Å². The number of rotatable bonds is 5. The molecular weight excluding hydrogens is 262 g/mol. The summed E-state index contributed by atoms with van der Waals surface area (Å²) in [5.41, 5.74) is 1.08. The molecule has 0 saturated heterocycles. The van der Waals surface area contributed by atoms with E-state index >= 15 is 0 Å². The summed E-state index contributed by atoms with van der Waals surface area (Å²) < 4.78 is 1.02. The van der Waals surface area contributed by atoms with Crippen LogP contribution in [0.1, 0.15) is 37.2 Å². The maximum Gasteiger partial charge on any atom is 0.0713 e. The summed E-state index contributed by atoms with van der Waals surface area (Å²) in [6.45, 7) is 0. The van der Waals surface area contributed by atoms with E-state index < -0.39 is 0 Å². The van der Waals surface area contributed by atoms with E-state index in [1.165, 1.54) is 0 Å². The molecule has 0 aliphatic rings. The van der Waals surface area contributed by atoms with Gasteiger partial charge in [-0.3, -0.25) is 0 Å². The summed E-state index contributed by atoms with van der Waals surface area (Å²) in [6, 6.07) is 10.3. The highest BCUT2D eigenvalue weighted by molar-refractivity contribution is 9.10. The summed E-state index contributed by atoms with van der Waals surface area (Å²) in [5.74, 6) is 2.60. The zero-order chi connectivity index (χ0) is 11.8. The number of unbranched alkanes of at least 4 members (excludes halogenated alkanes) is 2. The van der Waals surface area contributed by atoms with Crippen LogP contribution >= 0.6 is 15.9 Å². The minimum absolute atomic E-state index is 0.0183. The van der Waals surface area contributed by atoms with Crippen molar-refractivity contribution in [2.24, 2.45) is 0 Å². The maximum atomic E-state index is 9.12. The summed E-state index contributed by atoms with van der Waals surface area (Å²) in [7, 11) is 0. The number of halogens is 1. The number of hydrogen-bond acceptors (Lipinski definition) is 1. The summed E-state index contributed by atoms with van der Waals surface area (Å²) in [6.07, 6.45) is 8.88. The van der Waals surface area contributed by atoms with Crippen LogP contribution in [0.15, 0.2) is 28.7 Å². The van der Waals surface area contributed by atoms with Gasteiger partial charge in [0.15, 0.2) is 0 Å². The van der Waals surface area contributed by atoms with Gasteiger partial charge in [-0.2, -0.15) is 5.26 Å². The summed E-state index contributed by atoms with van der Waals surface area (Å²) in [4.78, 5) is 0. The Bertz CT molecular complexity index is 411. The molecular formula is C14H14BrN. The lowest BCUT2D eigenvalue weighted by molar-refractivity contribution is 0.653. The third-order valence-electron chi connectivity index (χ3n) is 2.47. The molecule has 0 N–H and O–H groups in total. The number of benzene rings is 1. The molecule has 0 amide bonds. The van der Waals surface area contributed by atoms with Crippen LogP contribution in [0.2, 0.25) is 0 Å². The molecule has 1 atom stereocenters. The predicted molar refractivity (Wildman–Crippen MR) is 69.8 cm³/mol. The Balaban J connectivity index is 2.55. The van der Waals surface area contributed by atoms with Crippen molar-refractivity contribution in [1.29, 1.82) is 5.26 Å². The average molecular weight is 276 g/mol. The number of terminal acetylenes is 1. The van der Waals surface area contributed by atoms with E-state index in [1.807, 2.05) is 24.3 Å². The lowest BCUT2D eigenvalue weighted by atomic mass is 9.95. The molecule has 0 aromatic heterocycles. The van der Waals surface area contributed by atoms with Crippen LogP contribution in [0.3, 0.4) is 0 Å². The molecule has 1 nitrogen and oxygen atoms in total. The van der Waals surface area contributed by atoms with Gasteiger partial charge < -0.3 is 0 Å². The van der Waals surface area contributed by atoms with Crippen molar-refractivity contribution in [3.8, 4) is 18.4 Å². The molecule has 0 radical (unpaired) electrons. The molecule has 1 rings (SSSR count). The summed E-state index contributed by atoms with van der Waals surface area (Å²) in [5, 5.41) is 9.12. The van der Waals surface area contributed by atoms with Gasteiger partial charge in [0, 0.05) is 10.9 Å². The fourth-order valence-electron chi connectivity index (χ4n) is 1.60. The quantitative estimate of drug-likeness (QED) is 0.582. The van der Waals surface area contributed by atoms with E-state index in [4.69, 9.17) is 11.7 Å². The lowest BCUT2D eigenvalue weighted by Gasteiger charge is -2.08. The van der Waals surface area contributed by atoms with E-state index in [-0.39, 0.29) is 5.92 Å². The fraction of sp³-hybridized carbons (Fsp3) is 0.357. The van der Waals surface area contributed by atoms with Crippen molar-refractivity contribution in [2.45, 2.75) is 31.6 Å². The molecule has 1 unspecified atom stereocenters. The van der Waals surface area contributed by atoms with Gasteiger partial charge in [0.2, 0.25) is 0 Å². The van der Waals surface area contributed by atoms with Gasteiger partial charge in [-0.15, -0.1) is 12.3 Å². The molecule has 0 saturated carbocycles. The average Bonchev–Trinajstić information content (AvgIpc) is 2.29. The molecule has 0 bridgehead atoms. The van der Waals surface area contributed by atoms with E-state index in [0.717, 1.165) is 35.7 Å². The van der Waals surface area contributed by atoms with E-state index in [0.29, 0.717) is 0 Å². The van der Waals surface area contributed by atoms with E-state index in [1.54, 1.807) is 0 Å². The minimum Gasteiger partial charge on any atom is -0.198 e. The third kappa shape index (κ3) is 4.09. The number of nitrogens with zero attached hydrogens (tertiary/aromatic N) is 1. The van der Waals surface area contributed by atoms with Gasteiger partial charge in [0.1, 0.15) is 0 Å². The molecule has 0 fully saturated rings. The summed E-state index contributed by atoms with van der Waals surface area (Å²) >= 11 is 3.42. The Morgan fingerprint density at radius 3 is 2.81 bits per heavy atom. The molecule has 0 aliphatic heterocycles. The fourth-order valence-corrected chi connectivity index (χ4v) is 2.02. The Morgan fingerprint density at radius 1 is 1.38 bits per heavy atom. The largest absolute Gasteiger partial charge is 0.198 e. The van der Waals surface area contributed by atoms with Crippen molar-refractivity contribution in [1.82, 2.24) is 0 Å². The van der Waals surface area contributed by atoms with E-state index in [2.05, 4.69) is 27.9 Å². The first-order valence-corrected chi connectivity index (χ1v) is 6.15. The molecule has 2 heteroatoms. The van der Waals surface area contributed by atoms with Crippen molar-refractivity contribution in [3.05, 3.63) is 34.3 Å². The van der Waals surface area contributed by atoms with Crippen LogP contribution in [-0.2, 0) is 0 Å². The first-order valence-electron chi connectivity index (χ1n) is 5.36. The van der Waals surface area contributed by atoms with Crippen molar-refractivity contribution < 1.29 is 0 Å². The zero-order valence-corrected chi connectivity index (χ0v) is 10.7. The van der Waals surface area contributed by atoms with Gasteiger partial charge >= 0.3 is 0 Å². The Morgan fingerprint density at radius 2 is 2.19 bits per heavy atom. The second kappa shape index (κ2) is 7.09. The maximum absolute atomic E-state index is 9.12. The Labute approximate surface area is 106 Å². The van der Waals surface area contributed by atoms with Crippen LogP contribution in [-0.4, -0.2) is 0 Å².